The van der Waals surface area contributed by atoms with Crippen LogP contribution in [0, 0.1) is 0 Å². The van der Waals surface area contributed by atoms with Crippen molar-refractivity contribution in [1.82, 2.24) is 5.43 Å². The van der Waals surface area contributed by atoms with Crippen LogP contribution < -0.4 is 14.9 Å². The van der Waals surface area contributed by atoms with Gasteiger partial charge in [0.25, 0.3) is 0 Å². The Hall–Kier alpha value is -2.76. The molecule has 1 N–H and O–H groups in total. The van der Waals surface area contributed by atoms with Crippen LogP contribution in [0.25, 0.3) is 0 Å². The monoisotopic (exact) mass is 288 g/mol. The highest BCUT2D eigenvalue weighted by Gasteiger charge is 2.06. The van der Waals surface area contributed by atoms with Gasteiger partial charge in [0.15, 0.2) is 17.3 Å². The molecule has 0 spiro atoms. The SMILES string of the molecule is CCOc1cc(/C=N\NC(=O)c2ccco2)ccc1OC. The van der Waals surface area contributed by atoms with Crippen molar-refractivity contribution in [2.24, 2.45) is 5.10 Å². The molecule has 0 bridgehead atoms. The Morgan fingerprint density at radius 2 is 2.24 bits per heavy atom. The van der Waals surface area contributed by atoms with Gasteiger partial charge < -0.3 is 13.9 Å². The van der Waals surface area contributed by atoms with Crippen LogP contribution in [0.1, 0.15) is 23.0 Å². The fourth-order valence-electron chi connectivity index (χ4n) is 1.67. The summed E-state index contributed by atoms with van der Waals surface area (Å²) in [6.45, 7) is 2.43. The second-order valence-electron chi connectivity index (χ2n) is 4.02. The molecule has 2 aromatic rings. The van der Waals surface area contributed by atoms with Crippen molar-refractivity contribution in [2.75, 3.05) is 13.7 Å². The summed E-state index contributed by atoms with van der Waals surface area (Å²) in [5, 5.41) is 3.87. The van der Waals surface area contributed by atoms with E-state index in [4.69, 9.17) is 13.9 Å². The van der Waals surface area contributed by atoms with Crippen LogP contribution in [-0.4, -0.2) is 25.8 Å². The molecule has 21 heavy (non-hydrogen) atoms. The second kappa shape index (κ2) is 7.14. The number of benzene rings is 1. The van der Waals surface area contributed by atoms with E-state index < -0.39 is 5.91 Å². The van der Waals surface area contributed by atoms with Crippen molar-refractivity contribution in [1.29, 1.82) is 0 Å². The number of carbonyl (C=O) groups excluding carboxylic acids is 1. The Labute approximate surface area is 122 Å². The van der Waals surface area contributed by atoms with E-state index in [0.717, 1.165) is 5.56 Å². The molecule has 2 rings (SSSR count). The molecule has 1 aromatic carbocycles. The van der Waals surface area contributed by atoms with E-state index in [1.165, 1.54) is 12.5 Å². The lowest BCUT2D eigenvalue weighted by atomic mass is 10.2. The lowest BCUT2D eigenvalue weighted by molar-refractivity contribution is 0.0927. The molecule has 0 unspecified atom stereocenters. The second-order valence-corrected chi connectivity index (χ2v) is 4.02. The molecule has 0 saturated carbocycles. The van der Waals surface area contributed by atoms with E-state index in [1.54, 1.807) is 31.4 Å². The summed E-state index contributed by atoms with van der Waals surface area (Å²) < 4.78 is 15.6. The van der Waals surface area contributed by atoms with Crippen LogP contribution in [0.2, 0.25) is 0 Å². The number of rotatable bonds is 6. The molecule has 0 aliphatic heterocycles. The lowest BCUT2D eigenvalue weighted by Crippen LogP contribution is -2.16. The van der Waals surface area contributed by atoms with Gasteiger partial charge in [-0.15, -0.1) is 0 Å². The van der Waals surface area contributed by atoms with Crippen molar-refractivity contribution in [3.63, 3.8) is 0 Å². The molecule has 0 atom stereocenters. The summed E-state index contributed by atoms with van der Waals surface area (Å²) in [5.41, 5.74) is 3.16. The fourth-order valence-corrected chi connectivity index (χ4v) is 1.67. The minimum absolute atomic E-state index is 0.205. The minimum atomic E-state index is -0.408. The van der Waals surface area contributed by atoms with Gasteiger partial charge in [-0.05, 0) is 42.8 Å². The molecule has 1 amide bonds. The molecule has 0 radical (unpaired) electrons. The summed E-state index contributed by atoms with van der Waals surface area (Å²) in [7, 11) is 1.58. The molecule has 6 heteroatoms. The van der Waals surface area contributed by atoms with Crippen LogP contribution in [0.5, 0.6) is 11.5 Å². The highest BCUT2D eigenvalue weighted by atomic mass is 16.5. The van der Waals surface area contributed by atoms with Crippen LogP contribution in [-0.2, 0) is 0 Å². The van der Waals surface area contributed by atoms with Gasteiger partial charge in [0.2, 0.25) is 0 Å². The third-order valence-electron chi connectivity index (χ3n) is 2.61. The Morgan fingerprint density at radius 3 is 2.90 bits per heavy atom. The first-order chi connectivity index (χ1) is 10.2. The topological polar surface area (TPSA) is 73.1 Å². The Balaban J connectivity index is 2.03. The van der Waals surface area contributed by atoms with Gasteiger partial charge in [-0.1, -0.05) is 0 Å². The van der Waals surface area contributed by atoms with Gasteiger partial charge in [0, 0.05) is 0 Å². The van der Waals surface area contributed by atoms with Crippen molar-refractivity contribution in [2.45, 2.75) is 6.92 Å². The maximum atomic E-state index is 11.6. The van der Waals surface area contributed by atoms with Crippen molar-refractivity contribution < 1.29 is 18.7 Å². The first-order valence-electron chi connectivity index (χ1n) is 6.42. The smallest absolute Gasteiger partial charge is 0.307 e. The number of furan rings is 1. The molecule has 0 fully saturated rings. The fraction of sp³-hybridized carbons (Fsp3) is 0.200. The number of hydrogen-bond acceptors (Lipinski definition) is 5. The predicted octanol–water partition coefficient (Wildman–Crippen LogP) is 2.45. The number of methoxy groups -OCH3 is 1. The van der Waals surface area contributed by atoms with Crippen LogP contribution >= 0.6 is 0 Å². The zero-order chi connectivity index (χ0) is 15.1. The molecular weight excluding hydrogens is 272 g/mol. The molecule has 0 aliphatic rings. The van der Waals surface area contributed by atoms with Crippen molar-refractivity contribution in [3.8, 4) is 11.5 Å². The zero-order valence-electron chi connectivity index (χ0n) is 11.8. The summed E-state index contributed by atoms with van der Waals surface area (Å²) in [6.07, 6.45) is 2.94. The number of nitrogens with zero attached hydrogens (tertiary/aromatic N) is 1. The Morgan fingerprint density at radius 1 is 1.38 bits per heavy atom. The van der Waals surface area contributed by atoms with E-state index in [-0.39, 0.29) is 5.76 Å². The number of hydrogen-bond donors (Lipinski definition) is 1. The van der Waals surface area contributed by atoms with Gasteiger partial charge in [-0.2, -0.15) is 5.10 Å². The summed E-state index contributed by atoms with van der Waals surface area (Å²) in [6, 6.07) is 8.57. The molecular formula is C15H16N2O4. The van der Waals surface area contributed by atoms with E-state index >= 15 is 0 Å². The lowest BCUT2D eigenvalue weighted by Gasteiger charge is -2.09. The van der Waals surface area contributed by atoms with Gasteiger partial charge in [-0.3, -0.25) is 4.79 Å². The number of ether oxygens (including phenoxy) is 2. The molecule has 0 aliphatic carbocycles. The van der Waals surface area contributed by atoms with Gasteiger partial charge in [0.05, 0.1) is 26.2 Å². The molecule has 110 valence electrons. The first-order valence-corrected chi connectivity index (χ1v) is 6.42. The molecule has 6 nitrogen and oxygen atoms in total. The largest absolute Gasteiger partial charge is 0.493 e. The highest BCUT2D eigenvalue weighted by Crippen LogP contribution is 2.27. The van der Waals surface area contributed by atoms with Crippen molar-refractivity contribution >= 4 is 12.1 Å². The predicted molar refractivity (Wildman–Crippen MR) is 77.9 cm³/mol. The third kappa shape index (κ3) is 3.85. The number of hydrazone groups is 1. The summed E-state index contributed by atoms with van der Waals surface area (Å²) in [4.78, 5) is 11.6. The third-order valence-corrected chi connectivity index (χ3v) is 2.61. The highest BCUT2D eigenvalue weighted by molar-refractivity contribution is 5.92. The number of nitrogens with one attached hydrogen (secondary N) is 1. The van der Waals surface area contributed by atoms with Crippen LogP contribution in [0.15, 0.2) is 46.1 Å². The Bertz CT molecular complexity index is 621. The standard InChI is InChI=1S/C15H16N2O4/c1-3-20-14-9-11(6-7-12(14)19-2)10-16-17-15(18)13-5-4-8-21-13/h4-10H,3H2,1-2H3,(H,17,18)/b16-10-. The maximum Gasteiger partial charge on any atom is 0.307 e. The quantitative estimate of drug-likeness (QED) is 0.654. The Kier molecular flexibility index (Phi) is 4.98. The molecule has 1 aromatic heterocycles. The molecule has 0 saturated heterocycles. The van der Waals surface area contributed by atoms with E-state index in [1.807, 2.05) is 13.0 Å². The number of carbonyl (C=O) groups is 1. The average Bonchev–Trinajstić information content (AvgIpc) is 3.02. The van der Waals surface area contributed by atoms with E-state index in [0.29, 0.717) is 18.1 Å². The van der Waals surface area contributed by atoms with Gasteiger partial charge in [-0.25, -0.2) is 5.43 Å². The zero-order valence-corrected chi connectivity index (χ0v) is 11.8. The molecule has 1 heterocycles. The summed E-state index contributed by atoms with van der Waals surface area (Å²) in [5.74, 6) is 1.07. The van der Waals surface area contributed by atoms with Crippen molar-refractivity contribution in [3.05, 3.63) is 47.9 Å². The van der Waals surface area contributed by atoms with Crippen LogP contribution in [0.4, 0.5) is 0 Å². The minimum Gasteiger partial charge on any atom is -0.493 e. The number of amides is 1. The first kappa shape index (κ1) is 14.6. The maximum absolute atomic E-state index is 11.6. The normalized spacial score (nSPS) is 10.6. The summed E-state index contributed by atoms with van der Waals surface area (Å²) >= 11 is 0. The average molecular weight is 288 g/mol. The van der Waals surface area contributed by atoms with E-state index in [2.05, 4.69) is 10.5 Å². The van der Waals surface area contributed by atoms with E-state index in [9.17, 15) is 4.79 Å². The van der Waals surface area contributed by atoms with Gasteiger partial charge >= 0.3 is 5.91 Å². The van der Waals surface area contributed by atoms with Gasteiger partial charge in [0.1, 0.15) is 0 Å². The van der Waals surface area contributed by atoms with Crippen LogP contribution in [0.3, 0.4) is 0 Å².